The van der Waals surface area contributed by atoms with Crippen molar-refractivity contribution in [1.82, 2.24) is 10.2 Å². The zero-order valence-electron chi connectivity index (χ0n) is 13.2. The van der Waals surface area contributed by atoms with Crippen LogP contribution in [0.25, 0.3) is 0 Å². The van der Waals surface area contributed by atoms with E-state index in [2.05, 4.69) is 38.0 Å². The van der Waals surface area contributed by atoms with Gasteiger partial charge in [-0.05, 0) is 52.8 Å². The lowest BCUT2D eigenvalue weighted by Crippen LogP contribution is -2.41. The molecule has 1 N–H and O–H groups in total. The predicted molar refractivity (Wildman–Crippen MR) is 80.7 cm³/mol. The molecular formula is C16H28N2O2. The van der Waals surface area contributed by atoms with Crippen molar-refractivity contribution in [2.24, 2.45) is 0 Å². The summed E-state index contributed by atoms with van der Waals surface area (Å²) in [5.41, 5.74) is 0.164. The van der Waals surface area contributed by atoms with Gasteiger partial charge in [-0.3, -0.25) is 4.90 Å². The summed E-state index contributed by atoms with van der Waals surface area (Å²) in [5, 5.41) is 3.52. The summed E-state index contributed by atoms with van der Waals surface area (Å²) in [7, 11) is 2.12. The first-order valence-electron chi connectivity index (χ1n) is 7.54. The van der Waals surface area contributed by atoms with Crippen LogP contribution in [0.15, 0.2) is 22.8 Å². The number of ether oxygens (including phenoxy) is 1. The van der Waals surface area contributed by atoms with Gasteiger partial charge in [0.1, 0.15) is 5.76 Å². The Kier molecular flexibility index (Phi) is 5.24. The van der Waals surface area contributed by atoms with Gasteiger partial charge < -0.3 is 14.5 Å². The third-order valence-corrected chi connectivity index (χ3v) is 3.58. The van der Waals surface area contributed by atoms with Crippen LogP contribution in [0.2, 0.25) is 0 Å². The van der Waals surface area contributed by atoms with Crippen molar-refractivity contribution < 1.29 is 9.15 Å². The minimum absolute atomic E-state index is 0.164. The summed E-state index contributed by atoms with van der Waals surface area (Å²) in [4.78, 5) is 2.27. The second-order valence-corrected chi connectivity index (χ2v) is 6.86. The second kappa shape index (κ2) is 6.74. The highest BCUT2D eigenvalue weighted by Gasteiger charge is 2.27. The van der Waals surface area contributed by atoms with E-state index in [1.54, 1.807) is 6.26 Å². The van der Waals surface area contributed by atoms with Gasteiger partial charge in [0.05, 0.1) is 25.0 Å². The summed E-state index contributed by atoms with van der Waals surface area (Å²) in [5.74, 6) is 1.01. The van der Waals surface area contributed by atoms with E-state index in [9.17, 15) is 0 Å². The molecule has 1 aromatic heterocycles. The standard InChI is InChI=1S/C16H28N2O2/c1-16(2,3)17-10-13-7-8-15(20-13)12-18(4)11-14-6-5-9-19-14/h5-6,9,13,15,17H,7-8,10-12H2,1-4H3. The molecule has 0 bridgehead atoms. The van der Waals surface area contributed by atoms with Crippen LogP contribution in [0.3, 0.4) is 0 Å². The molecular weight excluding hydrogens is 252 g/mol. The average molecular weight is 280 g/mol. The van der Waals surface area contributed by atoms with Crippen LogP contribution in [0.5, 0.6) is 0 Å². The van der Waals surface area contributed by atoms with Crippen molar-refractivity contribution in [3.63, 3.8) is 0 Å². The third-order valence-electron chi connectivity index (χ3n) is 3.58. The highest BCUT2D eigenvalue weighted by molar-refractivity contribution is 4.97. The van der Waals surface area contributed by atoms with Crippen molar-refractivity contribution in [3.8, 4) is 0 Å². The Labute approximate surface area is 122 Å². The summed E-state index contributed by atoms with van der Waals surface area (Å²) < 4.78 is 11.5. The molecule has 1 aromatic rings. The molecule has 2 heterocycles. The summed E-state index contributed by atoms with van der Waals surface area (Å²) in [6.07, 6.45) is 4.74. The smallest absolute Gasteiger partial charge is 0.117 e. The first-order valence-corrected chi connectivity index (χ1v) is 7.54. The Bertz CT molecular complexity index is 384. The van der Waals surface area contributed by atoms with Crippen molar-refractivity contribution in [1.29, 1.82) is 0 Å². The number of nitrogens with one attached hydrogen (secondary N) is 1. The molecule has 0 radical (unpaired) electrons. The fourth-order valence-corrected chi connectivity index (χ4v) is 2.57. The molecule has 4 nitrogen and oxygen atoms in total. The van der Waals surface area contributed by atoms with Crippen LogP contribution in [0.1, 0.15) is 39.4 Å². The molecule has 4 heteroatoms. The van der Waals surface area contributed by atoms with Gasteiger partial charge >= 0.3 is 0 Å². The molecule has 0 aliphatic carbocycles. The van der Waals surface area contributed by atoms with E-state index in [4.69, 9.17) is 9.15 Å². The van der Waals surface area contributed by atoms with Crippen molar-refractivity contribution in [2.75, 3.05) is 20.1 Å². The maximum absolute atomic E-state index is 6.11. The molecule has 0 spiro atoms. The zero-order chi connectivity index (χ0) is 14.6. The lowest BCUT2D eigenvalue weighted by Gasteiger charge is -2.24. The Morgan fingerprint density at radius 1 is 1.30 bits per heavy atom. The fourth-order valence-electron chi connectivity index (χ4n) is 2.57. The Morgan fingerprint density at radius 3 is 2.70 bits per heavy atom. The van der Waals surface area contributed by atoms with E-state index in [0.717, 1.165) is 38.2 Å². The number of rotatable bonds is 6. The molecule has 0 saturated carbocycles. The molecule has 114 valence electrons. The third kappa shape index (κ3) is 5.27. The number of hydrogen-bond donors (Lipinski definition) is 1. The van der Waals surface area contributed by atoms with E-state index in [-0.39, 0.29) is 5.54 Å². The summed E-state index contributed by atoms with van der Waals surface area (Å²) >= 11 is 0. The average Bonchev–Trinajstić information content (AvgIpc) is 2.97. The van der Waals surface area contributed by atoms with E-state index in [0.29, 0.717) is 12.2 Å². The molecule has 0 aromatic carbocycles. The molecule has 1 aliphatic rings. The lowest BCUT2D eigenvalue weighted by atomic mass is 10.1. The molecule has 1 aliphatic heterocycles. The number of nitrogens with zero attached hydrogens (tertiary/aromatic N) is 1. The number of hydrogen-bond acceptors (Lipinski definition) is 4. The Balaban J connectivity index is 1.67. The fraction of sp³-hybridized carbons (Fsp3) is 0.750. The molecule has 1 saturated heterocycles. The Hall–Kier alpha value is -0.840. The SMILES string of the molecule is CN(Cc1ccco1)CC1CCC(CNC(C)(C)C)O1. The van der Waals surface area contributed by atoms with Gasteiger partial charge in [-0.15, -0.1) is 0 Å². The topological polar surface area (TPSA) is 37.6 Å². The molecule has 2 rings (SSSR count). The predicted octanol–water partition coefficient (Wildman–Crippen LogP) is 2.65. The van der Waals surface area contributed by atoms with E-state index >= 15 is 0 Å². The van der Waals surface area contributed by atoms with E-state index < -0.39 is 0 Å². The Morgan fingerprint density at radius 2 is 2.05 bits per heavy atom. The molecule has 0 amide bonds. The van der Waals surface area contributed by atoms with Crippen molar-refractivity contribution in [3.05, 3.63) is 24.2 Å². The largest absolute Gasteiger partial charge is 0.468 e. The van der Waals surface area contributed by atoms with Gasteiger partial charge in [-0.25, -0.2) is 0 Å². The molecule has 2 atom stereocenters. The van der Waals surface area contributed by atoms with Gasteiger partial charge in [0.2, 0.25) is 0 Å². The van der Waals surface area contributed by atoms with Crippen LogP contribution < -0.4 is 5.32 Å². The maximum atomic E-state index is 6.11. The van der Waals surface area contributed by atoms with E-state index in [1.807, 2.05) is 12.1 Å². The highest BCUT2D eigenvalue weighted by Crippen LogP contribution is 2.21. The van der Waals surface area contributed by atoms with Gasteiger partial charge in [-0.2, -0.15) is 0 Å². The number of furan rings is 1. The summed E-state index contributed by atoms with van der Waals surface area (Å²) in [6.45, 7) is 9.33. The molecule has 2 unspecified atom stereocenters. The minimum Gasteiger partial charge on any atom is -0.468 e. The van der Waals surface area contributed by atoms with Gasteiger partial charge in [0, 0.05) is 18.6 Å². The van der Waals surface area contributed by atoms with Crippen LogP contribution in [0, 0.1) is 0 Å². The van der Waals surface area contributed by atoms with Gasteiger partial charge in [0.25, 0.3) is 0 Å². The van der Waals surface area contributed by atoms with Crippen LogP contribution >= 0.6 is 0 Å². The maximum Gasteiger partial charge on any atom is 0.117 e. The molecule has 20 heavy (non-hydrogen) atoms. The van der Waals surface area contributed by atoms with Crippen LogP contribution in [-0.4, -0.2) is 42.8 Å². The lowest BCUT2D eigenvalue weighted by molar-refractivity contribution is 0.0232. The molecule has 1 fully saturated rings. The van der Waals surface area contributed by atoms with Crippen molar-refractivity contribution >= 4 is 0 Å². The highest BCUT2D eigenvalue weighted by atomic mass is 16.5. The monoisotopic (exact) mass is 280 g/mol. The van der Waals surface area contributed by atoms with E-state index in [1.165, 1.54) is 0 Å². The van der Waals surface area contributed by atoms with Crippen LogP contribution in [0.4, 0.5) is 0 Å². The second-order valence-electron chi connectivity index (χ2n) is 6.86. The van der Waals surface area contributed by atoms with Crippen LogP contribution in [-0.2, 0) is 11.3 Å². The number of likely N-dealkylation sites (N-methyl/N-ethyl adjacent to an activating group) is 1. The normalized spacial score (nSPS) is 23.6. The first-order chi connectivity index (χ1) is 9.42. The summed E-state index contributed by atoms with van der Waals surface area (Å²) in [6, 6.07) is 3.95. The first kappa shape index (κ1) is 15.5. The van der Waals surface area contributed by atoms with Crippen molar-refractivity contribution in [2.45, 2.75) is 57.9 Å². The zero-order valence-corrected chi connectivity index (χ0v) is 13.2. The quantitative estimate of drug-likeness (QED) is 0.869. The van der Waals surface area contributed by atoms with Gasteiger partial charge in [0.15, 0.2) is 0 Å². The minimum atomic E-state index is 0.164. The van der Waals surface area contributed by atoms with Gasteiger partial charge in [-0.1, -0.05) is 0 Å².